The zero-order valence-corrected chi connectivity index (χ0v) is 13.0. The molecule has 3 rings (SSSR count). The fourth-order valence-electron chi connectivity index (χ4n) is 3.32. The van der Waals surface area contributed by atoms with E-state index < -0.39 is 0 Å². The number of rotatable bonds is 3. The molecule has 2 aromatic heterocycles. The summed E-state index contributed by atoms with van der Waals surface area (Å²) in [5.74, 6) is 1.13. The molecule has 3 nitrogen and oxygen atoms in total. The van der Waals surface area contributed by atoms with Gasteiger partial charge in [0.15, 0.2) is 0 Å². The van der Waals surface area contributed by atoms with Gasteiger partial charge in [0.05, 0.1) is 16.7 Å². The molecule has 1 atom stereocenters. The molecule has 1 saturated heterocycles. The topological polar surface area (TPSA) is 20.5 Å². The van der Waals surface area contributed by atoms with Crippen molar-refractivity contribution < 1.29 is 0 Å². The van der Waals surface area contributed by atoms with E-state index in [1.54, 1.807) is 0 Å². The highest BCUT2D eigenvalue weighted by Crippen LogP contribution is 2.24. The number of piperidine rings is 1. The van der Waals surface area contributed by atoms with Crippen LogP contribution in [0.5, 0.6) is 0 Å². The van der Waals surface area contributed by atoms with Crippen LogP contribution in [0.15, 0.2) is 24.5 Å². The summed E-state index contributed by atoms with van der Waals surface area (Å²) in [6.45, 7) is 5.80. The molecule has 20 heavy (non-hydrogen) atoms. The maximum atomic E-state index is 6.22. The maximum absolute atomic E-state index is 6.22. The summed E-state index contributed by atoms with van der Waals surface area (Å²) in [7, 11) is 0. The number of imidazole rings is 1. The van der Waals surface area contributed by atoms with E-state index in [1.807, 2.05) is 18.3 Å². The Kier molecular flexibility index (Phi) is 3.99. The number of likely N-dealkylation sites (tertiary alicyclic amines) is 1. The van der Waals surface area contributed by atoms with Crippen molar-refractivity contribution in [2.45, 2.75) is 51.6 Å². The first-order valence-electron chi connectivity index (χ1n) is 7.53. The van der Waals surface area contributed by atoms with Gasteiger partial charge in [-0.1, -0.05) is 18.0 Å². The molecule has 1 fully saturated rings. The highest BCUT2D eigenvalue weighted by atomic mass is 35.5. The van der Waals surface area contributed by atoms with Gasteiger partial charge in [0.2, 0.25) is 0 Å². The lowest BCUT2D eigenvalue weighted by Gasteiger charge is -2.38. The highest BCUT2D eigenvalue weighted by Gasteiger charge is 2.25. The molecule has 3 heterocycles. The minimum Gasteiger partial charge on any atom is -0.302 e. The van der Waals surface area contributed by atoms with Gasteiger partial charge in [-0.15, -0.1) is 0 Å². The van der Waals surface area contributed by atoms with Crippen LogP contribution in [0.3, 0.4) is 0 Å². The first-order valence-corrected chi connectivity index (χ1v) is 7.91. The zero-order chi connectivity index (χ0) is 14.1. The minimum atomic E-state index is 0.605. The molecule has 0 amide bonds. The van der Waals surface area contributed by atoms with Crippen molar-refractivity contribution in [3.05, 3.63) is 35.4 Å². The van der Waals surface area contributed by atoms with Crippen molar-refractivity contribution in [3.8, 4) is 0 Å². The second kappa shape index (κ2) is 5.74. The van der Waals surface area contributed by atoms with E-state index in [9.17, 15) is 0 Å². The Morgan fingerprint density at radius 1 is 1.40 bits per heavy atom. The van der Waals surface area contributed by atoms with Gasteiger partial charge in [0.1, 0.15) is 5.82 Å². The van der Waals surface area contributed by atoms with E-state index in [-0.39, 0.29) is 0 Å². The minimum absolute atomic E-state index is 0.605. The first-order chi connectivity index (χ1) is 9.66. The lowest BCUT2D eigenvalue weighted by molar-refractivity contribution is 0.110. The SMILES string of the molecule is CC(C)N1CCCCC1Cc1ncc2c(Cl)cccn12. The number of halogens is 1. The molecule has 0 aromatic carbocycles. The fourth-order valence-corrected chi connectivity index (χ4v) is 3.54. The van der Waals surface area contributed by atoms with E-state index in [0.717, 1.165) is 22.8 Å². The van der Waals surface area contributed by atoms with Gasteiger partial charge in [-0.05, 0) is 45.4 Å². The van der Waals surface area contributed by atoms with Gasteiger partial charge in [-0.25, -0.2) is 4.98 Å². The van der Waals surface area contributed by atoms with E-state index in [2.05, 4.69) is 34.3 Å². The van der Waals surface area contributed by atoms with Crippen molar-refractivity contribution in [3.63, 3.8) is 0 Å². The molecule has 1 aliphatic rings. The van der Waals surface area contributed by atoms with Crippen LogP contribution in [0.1, 0.15) is 38.9 Å². The van der Waals surface area contributed by atoms with Crippen LogP contribution in [0.2, 0.25) is 5.02 Å². The molecular weight excluding hydrogens is 270 g/mol. The van der Waals surface area contributed by atoms with Crippen molar-refractivity contribution in [1.29, 1.82) is 0 Å². The third-order valence-electron chi connectivity index (χ3n) is 4.35. The number of aromatic nitrogens is 2. The smallest absolute Gasteiger partial charge is 0.114 e. The van der Waals surface area contributed by atoms with Crippen molar-refractivity contribution in [1.82, 2.24) is 14.3 Å². The van der Waals surface area contributed by atoms with Crippen LogP contribution >= 0.6 is 11.6 Å². The van der Waals surface area contributed by atoms with Gasteiger partial charge in [-0.2, -0.15) is 0 Å². The van der Waals surface area contributed by atoms with Gasteiger partial charge in [0, 0.05) is 24.7 Å². The van der Waals surface area contributed by atoms with E-state index >= 15 is 0 Å². The summed E-state index contributed by atoms with van der Waals surface area (Å²) in [4.78, 5) is 7.22. The molecule has 0 radical (unpaired) electrons. The van der Waals surface area contributed by atoms with Crippen LogP contribution < -0.4 is 0 Å². The number of pyridine rings is 1. The number of hydrogen-bond acceptors (Lipinski definition) is 2. The Balaban J connectivity index is 1.86. The lowest BCUT2D eigenvalue weighted by atomic mass is 9.97. The quantitative estimate of drug-likeness (QED) is 0.857. The molecule has 0 spiro atoms. The fraction of sp³-hybridized carbons (Fsp3) is 0.562. The van der Waals surface area contributed by atoms with Crippen LogP contribution in [0.4, 0.5) is 0 Å². The predicted octanol–water partition coefficient (Wildman–Crippen LogP) is 3.79. The summed E-state index contributed by atoms with van der Waals surface area (Å²) in [6, 6.07) is 5.12. The maximum Gasteiger partial charge on any atom is 0.114 e. The molecular formula is C16H22ClN3. The molecule has 1 unspecified atom stereocenters. The molecule has 108 valence electrons. The molecule has 1 aliphatic heterocycles. The predicted molar refractivity (Wildman–Crippen MR) is 83.4 cm³/mol. The Bertz CT molecular complexity index is 590. The molecule has 0 aliphatic carbocycles. The van der Waals surface area contributed by atoms with Crippen molar-refractivity contribution in [2.75, 3.05) is 6.54 Å². The Hall–Kier alpha value is -1.06. The molecule has 4 heteroatoms. The van der Waals surface area contributed by atoms with E-state index in [1.165, 1.54) is 25.8 Å². The normalized spacial score (nSPS) is 20.9. The van der Waals surface area contributed by atoms with Crippen LogP contribution in [0.25, 0.3) is 5.52 Å². The second-order valence-electron chi connectivity index (χ2n) is 5.97. The van der Waals surface area contributed by atoms with Crippen molar-refractivity contribution >= 4 is 17.1 Å². The Labute approximate surface area is 125 Å². The van der Waals surface area contributed by atoms with Gasteiger partial charge in [-0.3, -0.25) is 4.90 Å². The van der Waals surface area contributed by atoms with Crippen LogP contribution in [-0.4, -0.2) is 32.9 Å². The van der Waals surface area contributed by atoms with E-state index in [4.69, 9.17) is 11.6 Å². The first kappa shape index (κ1) is 13.9. The Morgan fingerprint density at radius 3 is 3.05 bits per heavy atom. The van der Waals surface area contributed by atoms with E-state index in [0.29, 0.717) is 12.1 Å². The summed E-state index contributed by atoms with van der Waals surface area (Å²) in [5, 5.41) is 0.774. The van der Waals surface area contributed by atoms with Crippen molar-refractivity contribution in [2.24, 2.45) is 0 Å². The second-order valence-corrected chi connectivity index (χ2v) is 6.38. The third-order valence-corrected chi connectivity index (χ3v) is 4.67. The standard InChI is InChI=1S/C16H22ClN3/c1-12(2)19-8-4-3-6-13(19)10-16-18-11-15-14(17)7-5-9-20(15)16/h5,7,9,11-13H,3-4,6,8,10H2,1-2H3. The summed E-state index contributed by atoms with van der Waals surface area (Å²) >= 11 is 6.22. The monoisotopic (exact) mass is 291 g/mol. The average Bonchev–Trinajstić information content (AvgIpc) is 2.84. The molecule has 0 bridgehead atoms. The third kappa shape index (κ3) is 2.57. The number of nitrogens with zero attached hydrogens (tertiary/aromatic N) is 3. The molecule has 0 N–H and O–H groups in total. The van der Waals surface area contributed by atoms with Gasteiger partial charge >= 0.3 is 0 Å². The number of hydrogen-bond donors (Lipinski definition) is 0. The lowest BCUT2D eigenvalue weighted by Crippen LogP contribution is -2.45. The molecule has 0 saturated carbocycles. The van der Waals surface area contributed by atoms with Crippen LogP contribution in [-0.2, 0) is 6.42 Å². The number of fused-ring (bicyclic) bond motifs is 1. The summed E-state index contributed by atoms with van der Waals surface area (Å²) < 4.78 is 2.13. The van der Waals surface area contributed by atoms with Crippen LogP contribution in [0, 0.1) is 0 Å². The highest BCUT2D eigenvalue weighted by molar-refractivity contribution is 6.33. The zero-order valence-electron chi connectivity index (χ0n) is 12.2. The molecule has 2 aromatic rings. The average molecular weight is 292 g/mol. The largest absolute Gasteiger partial charge is 0.302 e. The summed E-state index contributed by atoms with van der Waals surface area (Å²) in [5.41, 5.74) is 1.01. The summed E-state index contributed by atoms with van der Waals surface area (Å²) in [6.07, 6.45) is 8.88. The van der Waals surface area contributed by atoms with Gasteiger partial charge < -0.3 is 4.40 Å². The van der Waals surface area contributed by atoms with Gasteiger partial charge in [0.25, 0.3) is 0 Å². The Morgan fingerprint density at radius 2 is 2.25 bits per heavy atom.